The van der Waals surface area contributed by atoms with Gasteiger partial charge in [0, 0.05) is 5.33 Å². The predicted octanol–water partition coefficient (Wildman–Crippen LogP) is 3.15. The zero-order valence-corrected chi connectivity index (χ0v) is 9.71. The maximum atomic E-state index is 11.4. The smallest absolute Gasteiger partial charge is 0.338 e. The number of rotatable bonds is 4. The van der Waals surface area contributed by atoms with Gasteiger partial charge in [-0.15, -0.1) is 0 Å². The second-order valence-corrected chi connectivity index (χ2v) is 3.53. The highest BCUT2D eigenvalue weighted by Gasteiger charge is 2.06. The lowest BCUT2D eigenvalue weighted by molar-refractivity contribution is 0.0505. The van der Waals surface area contributed by atoms with Gasteiger partial charge >= 0.3 is 5.97 Å². The van der Waals surface area contributed by atoms with Gasteiger partial charge in [0.25, 0.3) is 0 Å². The molecule has 76 valence electrons. The van der Waals surface area contributed by atoms with E-state index in [4.69, 9.17) is 4.74 Å². The first-order chi connectivity index (χ1) is 6.77. The Morgan fingerprint density at radius 3 is 2.93 bits per heavy atom. The quantitative estimate of drug-likeness (QED) is 0.611. The molecule has 0 saturated carbocycles. The van der Waals surface area contributed by atoms with Gasteiger partial charge in [-0.3, -0.25) is 0 Å². The van der Waals surface area contributed by atoms with Crippen molar-refractivity contribution in [1.29, 1.82) is 0 Å². The van der Waals surface area contributed by atoms with E-state index in [0.717, 1.165) is 17.3 Å². The summed E-state index contributed by atoms with van der Waals surface area (Å²) >= 11 is 3.34. The average Bonchev–Trinajstić information content (AvgIpc) is 2.26. The average molecular weight is 257 g/mol. The molecule has 1 aromatic rings. The standard InChI is InChI=1S/C11H13BrO2/c1-2-6-14-11(13)10-5-3-4-9(7-10)8-12/h3-5,7H,2,6,8H2,1H3. The molecule has 0 saturated heterocycles. The van der Waals surface area contributed by atoms with Crippen LogP contribution in [0.25, 0.3) is 0 Å². The Labute approximate surface area is 92.4 Å². The second-order valence-electron chi connectivity index (χ2n) is 2.97. The number of ether oxygens (including phenoxy) is 1. The number of benzene rings is 1. The number of halogens is 1. The molecule has 0 aliphatic rings. The number of esters is 1. The maximum Gasteiger partial charge on any atom is 0.338 e. The summed E-state index contributed by atoms with van der Waals surface area (Å²) in [6, 6.07) is 7.43. The van der Waals surface area contributed by atoms with Crippen molar-refractivity contribution in [3.63, 3.8) is 0 Å². The first kappa shape index (κ1) is 11.2. The van der Waals surface area contributed by atoms with Gasteiger partial charge in [-0.05, 0) is 24.1 Å². The Balaban J connectivity index is 2.69. The van der Waals surface area contributed by atoms with E-state index in [1.54, 1.807) is 6.07 Å². The molecule has 3 heteroatoms. The lowest BCUT2D eigenvalue weighted by Gasteiger charge is -2.03. The van der Waals surface area contributed by atoms with Gasteiger partial charge in [0.15, 0.2) is 0 Å². The third-order valence-corrected chi connectivity index (χ3v) is 2.40. The van der Waals surface area contributed by atoms with Crippen molar-refractivity contribution in [3.8, 4) is 0 Å². The van der Waals surface area contributed by atoms with Gasteiger partial charge in [-0.2, -0.15) is 0 Å². The monoisotopic (exact) mass is 256 g/mol. The van der Waals surface area contributed by atoms with Crippen LogP contribution in [0.15, 0.2) is 24.3 Å². The van der Waals surface area contributed by atoms with Crippen LogP contribution in [0.4, 0.5) is 0 Å². The molecule has 1 rings (SSSR count). The molecule has 0 N–H and O–H groups in total. The van der Waals surface area contributed by atoms with Crippen LogP contribution in [0.2, 0.25) is 0 Å². The number of alkyl halides is 1. The number of hydrogen-bond donors (Lipinski definition) is 0. The molecule has 0 aromatic heterocycles. The molecule has 0 unspecified atom stereocenters. The van der Waals surface area contributed by atoms with Crippen LogP contribution in [0, 0.1) is 0 Å². The zero-order valence-electron chi connectivity index (χ0n) is 8.13. The summed E-state index contributed by atoms with van der Waals surface area (Å²) in [5.41, 5.74) is 1.70. The van der Waals surface area contributed by atoms with E-state index in [1.807, 2.05) is 25.1 Å². The Hall–Kier alpha value is -0.830. The summed E-state index contributed by atoms with van der Waals surface area (Å²) in [7, 11) is 0. The van der Waals surface area contributed by atoms with E-state index < -0.39 is 0 Å². The molecular formula is C11H13BrO2. The van der Waals surface area contributed by atoms with Gasteiger partial charge in [-0.1, -0.05) is 35.0 Å². The van der Waals surface area contributed by atoms with E-state index in [2.05, 4.69) is 15.9 Å². The number of carbonyl (C=O) groups excluding carboxylic acids is 1. The van der Waals surface area contributed by atoms with E-state index in [-0.39, 0.29) is 5.97 Å². The van der Waals surface area contributed by atoms with Crippen molar-refractivity contribution in [3.05, 3.63) is 35.4 Å². The molecule has 0 fully saturated rings. The van der Waals surface area contributed by atoms with Gasteiger partial charge in [0.05, 0.1) is 12.2 Å². The first-order valence-electron chi connectivity index (χ1n) is 4.60. The lowest BCUT2D eigenvalue weighted by Crippen LogP contribution is -2.05. The molecule has 1 aromatic carbocycles. The molecule has 0 spiro atoms. The third-order valence-electron chi connectivity index (χ3n) is 1.75. The highest BCUT2D eigenvalue weighted by atomic mass is 79.9. The number of hydrogen-bond acceptors (Lipinski definition) is 2. The molecule has 0 atom stereocenters. The normalized spacial score (nSPS) is 9.86. The minimum Gasteiger partial charge on any atom is -0.462 e. The molecule has 0 aliphatic heterocycles. The van der Waals surface area contributed by atoms with Crippen molar-refractivity contribution in [1.82, 2.24) is 0 Å². The Morgan fingerprint density at radius 1 is 1.50 bits per heavy atom. The van der Waals surface area contributed by atoms with Crippen molar-refractivity contribution in [2.45, 2.75) is 18.7 Å². The van der Waals surface area contributed by atoms with Crippen molar-refractivity contribution in [2.75, 3.05) is 6.61 Å². The minimum atomic E-state index is -0.241. The molecule has 0 heterocycles. The highest BCUT2D eigenvalue weighted by Crippen LogP contribution is 2.09. The first-order valence-corrected chi connectivity index (χ1v) is 5.72. The van der Waals surface area contributed by atoms with Crippen LogP contribution in [0.5, 0.6) is 0 Å². The fraction of sp³-hybridized carbons (Fsp3) is 0.364. The Morgan fingerprint density at radius 2 is 2.29 bits per heavy atom. The molecule has 0 radical (unpaired) electrons. The third kappa shape index (κ3) is 3.14. The predicted molar refractivity (Wildman–Crippen MR) is 59.6 cm³/mol. The van der Waals surface area contributed by atoms with Crippen molar-refractivity contribution >= 4 is 21.9 Å². The summed E-state index contributed by atoms with van der Waals surface area (Å²) < 4.78 is 5.02. The van der Waals surface area contributed by atoms with E-state index in [0.29, 0.717) is 12.2 Å². The van der Waals surface area contributed by atoms with Gasteiger partial charge in [0.2, 0.25) is 0 Å². The lowest BCUT2D eigenvalue weighted by atomic mass is 10.1. The fourth-order valence-corrected chi connectivity index (χ4v) is 1.41. The van der Waals surface area contributed by atoms with Crippen LogP contribution in [-0.4, -0.2) is 12.6 Å². The zero-order chi connectivity index (χ0) is 10.4. The molecule has 2 nitrogen and oxygen atoms in total. The van der Waals surface area contributed by atoms with Crippen LogP contribution < -0.4 is 0 Å². The van der Waals surface area contributed by atoms with E-state index >= 15 is 0 Å². The maximum absolute atomic E-state index is 11.4. The van der Waals surface area contributed by atoms with Crippen LogP contribution in [0.1, 0.15) is 29.3 Å². The van der Waals surface area contributed by atoms with E-state index in [1.165, 1.54) is 0 Å². The SMILES string of the molecule is CCCOC(=O)c1cccc(CBr)c1. The summed E-state index contributed by atoms with van der Waals surface area (Å²) in [5, 5.41) is 0.752. The molecular weight excluding hydrogens is 244 g/mol. The second kappa shape index (κ2) is 5.81. The number of carbonyl (C=O) groups is 1. The van der Waals surface area contributed by atoms with E-state index in [9.17, 15) is 4.79 Å². The molecule has 0 amide bonds. The van der Waals surface area contributed by atoms with Gasteiger partial charge < -0.3 is 4.74 Å². The van der Waals surface area contributed by atoms with Gasteiger partial charge in [-0.25, -0.2) is 4.79 Å². The summed E-state index contributed by atoms with van der Waals surface area (Å²) in [6.07, 6.45) is 0.851. The van der Waals surface area contributed by atoms with Crippen molar-refractivity contribution in [2.24, 2.45) is 0 Å². The molecule has 0 bridgehead atoms. The van der Waals surface area contributed by atoms with Crippen LogP contribution >= 0.6 is 15.9 Å². The summed E-state index contributed by atoms with van der Waals surface area (Å²) in [4.78, 5) is 11.4. The minimum absolute atomic E-state index is 0.241. The topological polar surface area (TPSA) is 26.3 Å². The Kier molecular flexibility index (Phi) is 4.66. The molecule has 0 aliphatic carbocycles. The van der Waals surface area contributed by atoms with Crippen LogP contribution in [-0.2, 0) is 10.1 Å². The summed E-state index contributed by atoms with van der Waals surface area (Å²) in [5.74, 6) is -0.241. The highest BCUT2D eigenvalue weighted by molar-refractivity contribution is 9.08. The Bertz CT molecular complexity index is 310. The van der Waals surface area contributed by atoms with Crippen molar-refractivity contribution < 1.29 is 9.53 Å². The molecule has 14 heavy (non-hydrogen) atoms. The largest absolute Gasteiger partial charge is 0.462 e. The summed E-state index contributed by atoms with van der Waals surface area (Å²) in [6.45, 7) is 2.46. The fourth-order valence-electron chi connectivity index (χ4n) is 1.06. The van der Waals surface area contributed by atoms with Crippen LogP contribution in [0.3, 0.4) is 0 Å². The van der Waals surface area contributed by atoms with Gasteiger partial charge in [0.1, 0.15) is 0 Å².